The van der Waals surface area contributed by atoms with Gasteiger partial charge in [0.05, 0.1) is 28.4 Å². The van der Waals surface area contributed by atoms with Crippen LogP contribution in [0.5, 0.6) is 0 Å². The molecule has 6 nitrogen and oxygen atoms in total. The third-order valence-corrected chi connectivity index (χ3v) is 5.39. The predicted octanol–water partition coefficient (Wildman–Crippen LogP) is 3.99. The summed E-state index contributed by atoms with van der Waals surface area (Å²) in [4.78, 5) is 26.9. The molecule has 0 saturated carbocycles. The maximum absolute atomic E-state index is 14.5. The maximum atomic E-state index is 14.5. The van der Waals surface area contributed by atoms with E-state index in [1.54, 1.807) is 6.07 Å². The number of hydrogen-bond acceptors (Lipinski definition) is 4. The van der Waals surface area contributed by atoms with Crippen molar-refractivity contribution in [2.75, 3.05) is 16.8 Å². The molecular weight excluding hydrogens is 448 g/mol. The number of rotatable bonds is 3. The molecule has 0 spiro atoms. The fraction of sp³-hybridized carbons (Fsp3) is 0.238. The number of halogens is 4. The van der Waals surface area contributed by atoms with Crippen molar-refractivity contribution in [2.45, 2.75) is 25.6 Å². The molecule has 0 radical (unpaired) electrons. The van der Waals surface area contributed by atoms with Crippen LogP contribution in [0.1, 0.15) is 35.3 Å². The zero-order chi connectivity index (χ0) is 24.0. The first kappa shape index (κ1) is 23.1. The van der Waals surface area contributed by atoms with E-state index in [9.17, 15) is 27.2 Å². The van der Waals surface area contributed by atoms with E-state index in [4.69, 9.17) is 17.5 Å². The number of alkyl halides is 3. The summed E-state index contributed by atoms with van der Waals surface area (Å²) in [6.45, 7) is 2.87. The number of amides is 2. The molecule has 0 aliphatic carbocycles. The molecule has 0 unspecified atom stereocenters. The second kappa shape index (κ2) is 7.87. The Kier molecular flexibility index (Phi) is 5.69. The molecule has 1 aliphatic heterocycles. The lowest BCUT2D eigenvalue weighted by molar-refractivity contribution is -0.137. The Bertz CT molecular complexity index is 1190. The van der Waals surface area contributed by atoms with Crippen LogP contribution in [0, 0.1) is 17.1 Å². The molecule has 1 fully saturated rings. The number of benzene rings is 2. The molecule has 11 heteroatoms. The van der Waals surface area contributed by atoms with E-state index in [0.717, 1.165) is 23.1 Å². The number of nitriles is 1. The number of nitrogens with zero attached hydrogens (tertiary/aromatic N) is 3. The van der Waals surface area contributed by atoms with Crippen molar-refractivity contribution in [3.63, 3.8) is 0 Å². The van der Waals surface area contributed by atoms with Gasteiger partial charge in [-0.3, -0.25) is 14.5 Å². The van der Waals surface area contributed by atoms with Crippen LogP contribution in [0.25, 0.3) is 0 Å². The summed E-state index contributed by atoms with van der Waals surface area (Å²) in [5.74, 6) is -2.32. The van der Waals surface area contributed by atoms with Gasteiger partial charge in [-0.2, -0.15) is 18.4 Å². The summed E-state index contributed by atoms with van der Waals surface area (Å²) in [6, 6.07) is 7.95. The highest BCUT2D eigenvalue weighted by molar-refractivity contribution is 7.81. The van der Waals surface area contributed by atoms with E-state index in [1.165, 1.54) is 37.9 Å². The van der Waals surface area contributed by atoms with Gasteiger partial charge in [-0.15, -0.1) is 0 Å². The zero-order valence-electron chi connectivity index (χ0n) is 17.0. The van der Waals surface area contributed by atoms with Gasteiger partial charge in [0.15, 0.2) is 5.11 Å². The van der Waals surface area contributed by atoms with Crippen LogP contribution in [0.4, 0.5) is 28.9 Å². The second-order valence-electron chi connectivity index (χ2n) is 7.40. The molecule has 2 amide bonds. The Hall–Kier alpha value is -3.52. The number of carbonyl (C=O) groups excluding carboxylic acids is 2. The minimum Gasteiger partial charge on any atom is -0.355 e. The second-order valence-corrected chi connectivity index (χ2v) is 7.77. The van der Waals surface area contributed by atoms with Crippen molar-refractivity contribution in [1.29, 1.82) is 5.26 Å². The average Bonchev–Trinajstić information content (AvgIpc) is 2.90. The van der Waals surface area contributed by atoms with Crippen molar-refractivity contribution in [3.8, 4) is 6.07 Å². The molecule has 1 saturated heterocycles. The lowest BCUT2D eigenvalue weighted by Crippen LogP contribution is -2.44. The number of carbonyl (C=O) groups is 2. The van der Waals surface area contributed by atoms with E-state index >= 15 is 0 Å². The first-order chi connectivity index (χ1) is 14.8. The Labute approximate surface area is 186 Å². The molecule has 0 aromatic heterocycles. The van der Waals surface area contributed by atoms with Crippen LogP contribution in [-0.4, -0.2) is 29.5 Å². The minimum absolute atomic E-state index is 0.0863. The molecule has 166 valence electrons. The molecule has 32 heavy (non-hydrogen) atoms. The largest absolute Gasteiger partial charge is 0.418 e. The molecule has 0 bridgehead atoms. The summed E-state index contributed by atoms with van der Waals surface area (Å²) in [5.41, 5.74) is -3.59. The molecule has 3 rings (SSSR count). The van der Waals surface area contributed by atoms with Gasteiger partial charge in [0.1, 0.15) is 11.4 Å². The van der Waals surface area contributed by atoms with Crippen LogP contribution >= 0.6 is 12.2 Å². The van der Waals surface area contributed by atoms with Gasteiger partial charge in [-0.1, -0.05) is 0 Å². The predicted molar refractivity (Wildman–Crippen MR) is 113 cm³/mol. The summed E-state index contributed by atoms with van der Waals surface area (Å²) < 4.78 is 55.6. The Morgan fingerprint density at radius 1 is 1.19 bits per heavy atom. The SMILES string of the molecule is CNC(=O)c1ccc(N2C(=S)N(c3ccc(C#N)cc3C(F)(F)F)C(=O)C2(C)C)cc1F. The zero-order valence-corrected chi connectivity index (χ0v) is 17.9. The first-order valence-corrected chi connectivity index (χ1v) is 9.57. The van der Waals surface area contributed by atoms with Crippen molar-refractivity contribution < 1.29 is 27.2 Å². The van der Waals surface area contributed by atoms with E-state index < -0.39 is 40.6 Å². The monoisotopic (exact) mass is 464 g/mol. The van der Waals surface area contributed by atoms with Gasteiger partial charge < -0.3 is 10.2 Å². The maximum Gasteiger partial charge on any atom is 0.418 e. The van der Waals surface area contributed by atoms with Crippen molar-refractivity contribution in [3.05, 3.63) is 58.9 Å². The third-order valence-electron chi connectivity index (χ3n) is 5.02. The third kappa shape index (κ3) is 3.67. The van der Waals surface area contributed by atoms with Gasteiger partial charge in [0.2, 0.25) is 0 Å². The summed E-state index contributed by atoms with van der Waals surface area (Å²) in [5, 5.41) is 11.0. The molecule has 0 atom stereocenters. The first-order valence-electron chi connectivity index (χ1n) is 9.16. The normalized spacial score (nSPS) is 15.7. The number of hydrogen-bond donors (Lipinski definition) is 1. The average molecular weight is 464 g/mol. The fourth-order valence-electron chi connectivity index (χ4n) is 3.43. The quantitative estimate of drug-likeness (QED) is 0.549. The van der Waals surface area contributed by atoms with Gasteiger partial charge in [-0.25, -0.2) is 4.39 Å². The topological polar surface area (TPSA) is 76.4 Å². The fourth-order valence-corrected chi connectivity index (χ4v) is 3.95. The van der Waals surface area contributed by atoms with E-state index in [0.29, 0.717) is 6.07 Å². The van der Waals surface area contributed by atoms with Gasteiger partial charge >= 0.3 is 6.18 Å². The van der Waals surface area contributed by atoms with Crippen molar-refractivity contribution in [2.24, 2.45) is 0 Å². The van der Waals surface area contributed by atoms with Crippen molar-refractivity contribution in [1.82, 2.24) is 5.32 Å². The molecule has 2 aromatic rings. The number of anilines is 2. The smallest absolute Gasteiger partial charge is 0.355 e. The molecular formula is C21H16F4N4O2S. The molecule has 1 heterocycles. The van der Waals surface area contributed by atoms with E-state index in [-0.39, 0.29) is 21.9 Å². The van der Waals surface area contributed by atoms with Gasteiger partial charge in [-0.05, 0) is 62.5 Å². The van der Waals surface area contributed by atoms with E-state index in [2.05, 4.69) is 5.32 Å². The van der Waals surface area contributed by atoms with Crippen LogP contribution < -0.4 is 15.1 Å². The Morgan fingerprint density at radius 2 is 1.84 bits per heavy atom. The molecule has 1 aliphatic rings. The number of thiocarbonyl (C=S) groups is 1. The van der Waals surface area contributed by atoms with Crippen molar-refractivity contribution >= 4 is 40.5 Å². The highest BCUT2D eigenvalue weighted by Crippen LogP contribution is 2.42. The van der Waals surface area contributed by atoms with Crippen LogP contribution in [0.15, 0.2) is 36.4 Å². The van der Waals surface area contributed by atoms with Gasteiger partial charge in [0, 0.05) is 12.7 Å². The highest BCUT2D eigenvalue weighted by atomic mass is 32.1. The summed E-state index contributed by atoms with van der Waals surface area (Å²) in [7, 11) is 1.33. The van der Waals surface area contributed by atoms with Crippen LogP contribution in [0.2, 0.25) is 0 Å². The molecule has 2 aromatic carbocycles. The lowest BCUT2D eigenvalue weighted by Gasteiger charge is -2.29. The Balaban J connectivity index is 2.14. The standard InChI is InChI=1S/C21H16F4N4O2S/c1-20(2)18(31)28(16-7-4-11(10-26)8-14(16)21(23,24)25)19(32)29(20)12-5-6-13(15(22)9-12)17(30)27-3/h4-9H,1-3H3,(H,27,30). The lowest BCUT2D eigenvalue weighted by atomic mass is 10.0. The van der Waals surface area contributed by atoms with Gasteiger partial charge in [0.25, 0.3) is 11.8 Å². The minimum atomic E-state index is -4.86. The Morgan fingerprint density at radius 3 is 2.38 bits per heavy atom. The van der Waals surface area contributed by atoms with Crippen LogP contribution in [-0.2, 0) is 11.0 Å². The van der Waals surface area contributed by atoms with E-state index in [1.807, 2.05) is 0 Å². The van der Waals surface area contributed by atoms with Crippen LogP contribution in [0.3, 0.4) is 0 Å². The summed E-state index contributed by atoms with van der Waals surface area (Å²) in [6.07, 6.45) is -4.86. The number of nitrogens with one attached hydrogen (secondary N) is 1. The summed E-state index contributed by atoms with van der Waals surface area (Å²) >= 11 is 5.34. The molecule has 1 N–H and O–H groups in total. The highest BCUT2D eigenvalue weighted by Gasteiger charge is 2.52.